The second-order valence-electron chi connectivity index (χ2n) is 5.84. The third-order valence-electron chi connectivity index (χ3n) is 4.19. The van der Waals surface area contributed by atoms with Crippen molar-refractivity contribution in [3.63, 3.8) is 0 Å². The van der Waals surface area contributed by atoms with Gasteiger partial charge in [0.25, 0.3) is 0 Å². The lowest BCUT2D eigenvalue weighted by Gasteiger charge is -2.34. The predicted molar refractivity (Wildman–Crippen MR) is 105 cm³/mol. The number of carbonyl (C=O) groups is 1. The fraction of sp³-hybridized carbons (Fsp3) is 0.353. The van der Waals surface area contributed by atoms with E-state index < -0.39 is 0 Å². The first-order valence-electron chi connectivity index (χ1n) is 8.13. The number of carbonyl (C=O) groups excluding carboxylic acids is 1. The topological polar surface area (TPSA) is 49.3 Å². The average Bonchev–Trinajstić information content (AvgIpc) is 3.37. The Morgan fingerprint density at radius 1 is 1.20 bits per heavy atom. The number of rotatable bonds is 4. The molecule has 130 valence electrons. The average molecular weight is 391 g/mol. The first-order valence-corrected chi connectivity index (χ1v) is 10.7. The maximum absolute atomic E-state index is 12.8. The molecule has 0 unspecified atom stereocenters. The quantitative estimate of drug-likeness (QED) is 0.684. The summed E-state index contributed by atoms with van der Waals surface area (Å²) in [6.45, 7) is 5.20. The number of aryl methyl sites for hydroxylation is 1. The second-order valence-corrected chi connectivity index (χ2v) is 8.95. The van der Waals surface area contributed by atoms with Gasteiger partial charge in [-0.25, -0.2) is 9.97 Å². The van der Waals surface area contributed by atoms with Gasteiger partial charge in [0.15, 0.2) is 5.13 Å². The number of anilines is 1. The van der Waals surface area contributed by atoms with Gasteiger partial charge in [0.2, 0.25) is 5.91 Å². The molecule has 4 heterocycles. The van der Waals surface area contributed by atoms with E-state index >= 15 is 0 Å². The van der Waals surface area contributed by atoms with Gasteiger partial charge in [-0.2, -0.15) is 0 Å². The third kappa shape index (κ3) is 3.61. The highest BCUT2D eigenvalue weighted by molar-refractivity contribution is 7.15. The lowest BCUT2D eigenvalue weighted by molar-refractivity contribution is -0.130. The minimum Gasteiger partial charge on any atom is -0.345 e. The fourth-order valence-corrected chi connectivity index (χ4v) is 5.41. The summed E-state index contributed by atoms with van der Waals surface area (Å²) in [4.78, 5) is 28.2. The number of piperazine rings is 1. The number of thiophene rings is 1. The summed E-state index contributed by atoms with van der Waals surface area (Å²) < 4.78 is 0. The summed E-state index contributed by atoms with van der Waals surface area (Å²) in [6.07, 6.45) is 2.27. The van der Waals surface area contributed by atoms with E-state index in [2.05, 4.69) is 20.9 Å². The molecule has 1 amide bonds. The van der Waals surface area contributed by atoms with Gasteiger partial charge in [-0.05, 0) is 18.4 Å². The number of hydrogen-bond acceptors (Lipinski definition) is 7. The molecule has 3 aromatic rings. The standard InChI is InChI=1S/C17H18N4OS3/c1-12-19-16(13-3-2-9-23-13)14(25-12)11-15(22)20-5-7-21(8-6-20)17-18-4-10-24-17/h2-4,9-10H,5-8,11H2,1H3. The van der Waals surface area contributed by atoms with Crippen molar-refractivity contribution in [2.45, 2.75) is 13.3 Å². The van der Waals surface area contributed by atoms with Crippen LogP contribution in [-0.4, -0.2) is 47.0 Å². The summed E-state index contributed by atoms with van der Waals surface area (Å²) in [7, 11) is 0. The van der Waals surface area contributed by atoms with Crippen molar-refractivity contribution in [1.29, 1.82) is 0 Å². The van der Waals surface area contributed by atoms with Crippen LogP contribution < -0.4 is 4.90 Å². The number of thiazole rings is 2. The number of aromatic nitrogens is 2. The maximum atomic E-state index is 12.8. The van der Waals surface area contributed by atoms with Crippen molar-refractivity contribution in [3.05, 3.63) is 39.0 Å². The maximum Gasteiger partial charge on any atom is 0.228 e. The van der Waals surface area contributed by atoms with Gasteiger partial charge in [-0.3, -0.25) is 4.79 Å². The molecule has 5 nitrogen and oxygen atoms in total. The van der Waals surface area contributed by atoms with E-state index in [9.17, 15) is 4.79 Å². The summed E-state index contributed by atoms with van der Waals surface area (Å²) in [6, 6.07) is 4.10. The van der Waals surface area contributed by atoms with Gasteiger partial charge in [0, 0.05) is 42.6 Å². The van der Waals surface area contributed by atoms with Crippen LogP contribution in [0.2, 0.25) is 0 Å². The molecule has 8 heteroatoms. The van der Waals surface area contributed by atoms with Crippen LogP contribution in [0.4, 0.5) is 5.13 Å². The molecule has 25 heavy (non-hydrogen) atoms. The Kier molecular flexibility index (Phi) is 4.82. The van der Waals surface area contributed by atoms with Crippen molar-refractivity contribution in [2.75, 3.05) is 31.1 Å². The molecule has 3 aromatic heterocycles. The van der Waals surface area contributed by atoms with Crippen LogP contribution in [0.1, 0.15) is 9.88 Å². The fourth-order valence-electron chi connectivity index (χ4n) is 2.96. The van der Waals surface area contributed by atoms with Crippen LogP contribution in [0.25, 0.3) is 10.6 Å². The molecular weight excluding hydrogens is 372 g/mol. The molecule has 0 saturated carbocycles. The zero-order valence-electron chi connectivity index (χ0n) is 13.8. The minimum atomic E-state index is 0.195. The van der Waals surface area contributed by atoms with Crippen molar-refractivity contribution >= 4 is 45.0 Å². The first kappa shape index (κ1) is 16.7. The molecule has 0 radical (unpaired) electrons. The highest BCUT2D eigenvalue weighted by Gasteiger charge is 2.24. The Bertz CT molecular complexity index is 834. The molecule has 0 spiro atoms. The Morgan fingerprint density at radius 3 is 2.72 bits per heavy atom. The highest BCUT2D eigenvalue weighted by atomic mass is 32.1. The van der Waals surface area contributed by atoms with Gasteiger partial charge in [-0.15, -0.1) is 34.0 Å². The van der Waals surface area contributed by atoms with Gasteiger partial charge in [-0.1, -0.05) is 6.07 Å². The molecule has 1 aliphatic rings. The van der Waals surface area contributed by atoms with E-state index in [1.165, 1.54) is 0 Å². The molecule has 4 rings (SSSR count). The van der Waals surface area contributed by atoms with Gasteiger partial charge < -0.3 is 9.80 Å². The summed E-state index contributed by atoms with van der Waals surface area (Å²) in [5.74, 6) is 0.195. The third-order valence-corrected chi connectivity index (χ3v) is 6.87. The van der Waals surface area contributed by atoms with E-state index in [1.807, 2.05) is 34.8 Å². The lowest BCUT2D eigenvalue weighted by atomic mass is 10.2. The molecule has 0 atom stereocenters. The smallest absolute Gasteiger partial charge is 0.228 e. The van der Waals surface area contributed by atoms with Crippen LogP contribution in [0, 0.1) is 6.92 Å². The van der Waals surface area contributed by atoms with Crippen molar-refractivity contribution in [2.24, 2.45) is 0 Å². The molecule has 1 fully saturated rings. The highest BCUT2D eigenvalue weighted by Crippen LogP contribution is 2.32. The van der Waals surface area contributed by atoms with Crippen molar-refractivity contribution in [3.8, 4) is 10.6 Å². The molecular formula is C17H18N4OS3. The molecule has 0 bridgehead atoms. The Morgan fingerprint density at radius 2 is 2.04 bits per heavy atom. The van der Waals surface area contributed by atoms with E-state index in [-0.39, 0.29) is 5.91 Å². The monoisotopic (exact) mass is 390 g/mol. The SMILES string of the molecule is Cc1nc(-c2cccs2)c(CC(=O)N2CCN(c3nccs3)CC2)s1. The van der Waals surface area contributed by atoms with Crippen LogP contribution in [-0.2, 0) is 11.2 Å². The van der Waals surface area contributed by atoms with Crippen LogP contribution in [0.15, 0.2) is 29.1 Å². The first-order chi connectivity index (χ1) is 12.2. The largest absolute Gasteiger partial charge is 0.345 e. The Hall–Kier alpha value is -1.77. The zero-order chi connectivity index (χ0) is 17.2. The minimum absolute atomic E-state index is 0.195. The number of nitrogens with zero attached hydrogens (tertiary/aromatic N) is 4. The van der Waals surface area contributed by atoms with Gasteiger partial charge in [0.05, 0.1) is 22.0 Å². The number of hydrogen-bond donors (Lipinski definition) is 0. The summed E-state index contributed by atoms with van der Waals surface area (Å²) >= 11 is 4.96. The van der Waals surface area contributed by atoms with Gasteiger partial charge >= 0.3 is 0 Å². The van der Waals surface area contributed by atoms with Crippen LogP contribution >= 0.6 is 34.0 Å². The summed E-state index contributed by atoms with van der Waals surface area (Å²) in [5.41, 5.74) is 0.979. The molecule has 1 saturated heterocycles. The molecule has 0 N–H and O–H groups in total. The molecule has 1 aliphatic heterocycles. The van der Waals surface area contributed by atoms with Crippen LogP contribution in [0.3, 0.4) is 0 Å². The van der Waals surface area contributed by atoms with Crippen molar-refractivity contribution in [1.82, 2.24) is 14.9 Å². The zero-order valence-corrected chi connectivity index (χ0v) is 16.3. The van der Waals surface area contributed by atoms with E-state index in [4.69, 9.17) is 0 Å². The normalized spacial score (nSPS) is 14.9. The predicted octanol–water partition coefficient (Wildman–Crippen LogP) is 3.53. The van der Waals surface area contributed by atoms with E-state index in [1.54, 1.807) is 34.0 Å². The van der Waals surface area contributed by atoms with E-state index in [0.717, 1.165) is 51.8 Å². The van der Waals surface area contributed by atoms with Gasteiger partial charge in [0.1, 0.15) is 0 Å². The lowest BCUT2D eigenvalue weighted by Crippen LogP contribution is -2.49. The Balaban J connectivity index is 1.42. The number of amides is 1. The van der Waals surface area contributed by atoms with Crippen LogP contribution in [0.5, 0.6) is 0 Å². The Labute approximate surface area is 158 Å². The molecule has 0 aromatic carbocycles. The van der Waals surface area contributed by atoms with E-state index in [0.29, 0.717) is 6.42 Å². The second kappa shape index (κ2) is 7.23. The molecule has 0 aliphatic carbocycles. The summed E-state index contributed by atoms with van der Waals surface area (Å²) in [5, 5.41) is 6.10. The van der Waals surface area contributed by atoms with Crippen molar-refractivity contribution < 1.29 is 4.79 Å².